The fraction of sp³-hybridized carbons (Fsp3) is 0.450. The van der Waals surface area contributed by atoms with E-state index in [0.29, 0.717) is 31.5 Å². The molecule has 3 rings (SSSR count). The maximum absolute atomic E-state index is 13.0. The number of aliphatic carboxylic acids is 1. The van der Waals surface area contributed by atoms with E-state index in [4.69, 9.17) is 0 Å². The van der Waals surface area contributed by atoms with Gasteiger partial charge in [0.1, 0.15) is 0 Å². The number of carboxylic acid groups (broad SMARTS) is 1. The van der Waals surface area contributed by atoms with Crippen LogP contribution in [0.3, 0.4) is 0 Å². The van der Waals surface area contributed by atoms with Crippen LogP contribution in [0.25, 0.3) is 0 Å². The number of benzene rings is 1. The molecule has 2 aromatic rings. The molecule has 26 heavy (non-hydrogen) atoms. The van der Waals surface area contributed by atoms with Gasteiger partial charge in [0.05, 0.1) is 29.9 Å². The smallest absolute Gasteiger partial charge is 0.308 e. The zero-order valence-electron chi connectivity index (χ0n) is 15.3. The number of rotatable bonds is 5. The van der Waals surface area contributed by atoms with Crippen LogP contribution in [0.15, 0.2) is 36.5 Å². The van der Waals surface area contributed by atoms with Gasteiger partial charge in [-0.2, -0.15) is 5.10 Å². The van der Waals surface area contributed by atoms with Crippen LogP contribution >= 0.6 is 0 Å². The van der Waals surface area contributed by atoms with Crippen molar-refractivity contribution in [1.29, 1.82) is 0 Å². The highest BCUT2D eigenvalue weighted by Gasteiger charge is 2.33. The van der Waals surface area contributed by atoms with Crippen LogP contribution in [-0.2, 0) is 17.8 Å². The van der Waals surface area contributed by atoms with Gasteiger partial charge in [-0.1, -0.05) is 44.2 Å². The predicted molar refractivity (Wildman–Crippen MR) is 98.0 cm³/mol. The summed E-state index contributed by atoms with van der Waals surface area (Å²) in [4.78, 5) is 26.1. The summed E-state index contributed by atoms with van der Waals surface area (Å²) in [6.45, 7) is 5.48. The van der Waals surface area contributed by atoms with Crippen LogP contribution in [0, 0.1) is 11.8 Å². The standard InChI is InChI=1S/C20H25N3O3/c1-3-18-17(10-21-23(18)12-15-7-5-4-6-8-15)19(24)22-11-14(2)9-16(13-22)20(25)26/h4-8,10,14,16H,3,9,11-13H2,1-2H3,(H,25,26). The van der Waals surface area contributed by atoms with Gasteiger partial charge in [-0.25, -0.2) is 0 Å². The summed E-state index contributed by atoms with van der Waals surface area (Å²) in [7, 11) is 0. The third-order valence-corrected chi connectivity index (χ3v) is 4.99. The molecular weight excluding hydrogens is 330 g/mol. The fourth-order valence-electron chi connectivity index (χ4n) is 3.72. The number of aromatic nitrogens is 2. The van der Waals surface area contributed by atoms with Crippen molar-refractivity contribution < 1.29 is 14.7 Å². The van der Waals surface area contributed by atoms with Crippen molar-refractivity contribution in [2.24, 2.45) is 11.8 Å². The number of piperidine rings is 1. The Hall–Kier alpha value is -2.63. The number of amides is 1. The van der Waals surface area contributed by atoms with E-state index in [1.807, 2.05) is 48.9 Å². The van der Waals surface area contributed by atoms with E-state index in [-0.39, 0.29) is 18.4 Å². The highest BCUT2D eigenvalue weighted by Crippen LogP contribution is 2.24. The number of nitrogens with zero attached hydrogens (tertiary/aromatic N) is 3. The molecule has 1 aromatic heterocycles. The minimum atomic E-state index is -0.829. The third kappa shape index (κ3) is 3.79. The summed E-state index contributed by atoms with van der Waals surface area (Å²) >= 11 is 0. The summed E-state index contributed by atoms with van der Waals surface area (Å²) in [6.07, 6.45) is 2.94. The lowest BCUT2D eigenvalue weighted by atomic mass is 9.90. The van der Waals surface area contributed by atoms with Gasteiger partial charge in [0.2, 0.25) is 0 Å². The normalized spacial score (nSPS) is 20.2. The monoisotopic (exact) mass is 355 g/mol. The van der Waals surface area contributed by atoms with Crippen LogP contribution in [0.2, 0.25) is 0 Å². The first-order chi connectivity index (χ1) is 12.5. The minimum absolute atomic E-state index is 0.112. The number of carboxylic acids is 1. The van der Waals surface area contributed by atoms with Crippen molar-refractivity contribution in [2.75, 3.05) is 13.1 Å². The molecule has 1 aliphatic rings. The fourth-order valence-corrected chi connectivity index (χ4v) is 3.72. The van der Waals surface area contributed by atoms with E-state index >= 15 is 0 Å². The summed E-state index contributed by atoms with van der Waals surface area (Å²) in [6, 6.07) is 10.0. The minimum Gasteiger partial charge on any atom is -0.481 e. The Kier molecular flexibility index (Phi) is 5.40. The molecule has 1 aliphatic heterocycles. The van der Waals surface area contributed by atoms with Gasteiger partial charge in [0.25, 0.3) is 5.91 Å². The van der Waals surface area contributed by atoms with Crippen LogP contribution in [0.1, 0.15) is 41.9 Å². The second-order valence-corrected chi connectivity index (χ2v) is 7.09. The predicted octanol–water partition coefficient (Wildman–Crippen LogP) is 2.68. The van der Waals surface area contributed by atoms with Crippen molar-refractivity contribution in [3.05, 3.63) is 53.3 Å². The maximum atomic E-state index is 13.0. The SMILES string of the molecule is CCc1c(C(=O)N2CC(C)CC(C(=O)O)C2)cnn1Cc1ccccc1. The van der Waals surface area contributed by atoms with Gasteiger partial charge >= 0.3 is 5.97 Å². The van der Waals surface area contributed by atoms with Crippen molar-refractivity contribution in [1.82, 2.24) is 14.7 Å². The molecule has 6 heteroatoms. The zero-order chi connectivity index (χ0) is 18.7. The highest BCUT2D eigenvalue weighted by molar-refractivity contribution is 5.95. The van der Waals surface area contributed by atoms with Gasteiger partial charge in [-0.3, -0.25) is 14.3 Å². The molecule has 0 bridgehead atoms. The number of carbonyl (C=O) groups is 2. The molecule has 1 saturated heterocycles. The first-order valence-electron chi connectivity index (χ1n) is 9.10. The number of hydrogen-bond acceptors (Lipinski definition) is 3. The summed E-state index contributed by atoms with van der Waals surface area (Å²) in [5.74, 6) is -1.26. The molecule has 0 spiro atoms. The average molecular weight is 355 g/mol. The van der Waals surface area contributed by atoms with Gasteiger partial charge in [0, 0.05) is 13.1 Å². The quantitative estimate of drug-likeness (QED) is 0.895. The lowest BCUT2D eigenvalue weighted by Gasteiger charge is -2.34. The van der Waals surface area contributed by atoms with Crippen molar-refractivity contribution in [3.63, 3.8) is 0 Å². The van der Waals surface area contributed by atoms with Gasteiger partial charge in [0.15, 0.2) is 0 Å². The molecule has 2 atom stereocenters. The summed E-state index contributed by atoms with van der Waals surface area (Å²) in [5, 5.41) is 13.8. The topological polar surface area (TPSA) is 75.4 Å². The Balaban J connectivity index is 1.82. The van der Waals surface area contributed by atoms with Gasteiger partial charge in [-0.05, 0) is 24.3 Å². The van der Waals surface area contributed by atoms with Crippen LogP contribution in [-0.4, -0.2) is 44.8 Å². The van der Waals surface area contributed by atoms with E-state index in [1.54, 1.807) is 11.1 Å². The van der Waals surface area contributed by atoms with Crippen molar-refractivity contribution >= 4 is 11.9 Å². The summed E-state index contributed by atoms with van der Waals surface area (Å²) < 4.78 is 1.87. The maximum Gasteiger partial charge on any atom is 0.308 e. The second-order valence-electron chi connectivity index (χ2n) is 7.09. The first kappa shape index (κ1) is 18.2. The van der Waals surface area contributed by atoms with E-state index < -0.39 is 11.9 Å². The molecule has 138 valence electrons. The second kappa shape index (κ2) is 7.72. The molecule has 2 unspecified atom stereocenters. The van der Waals surface area contributed by atoms with E-state index in [0.717, 1.165) is 11.3 Å². The molecule has 1 amide bonds. The van der Waals surface area contributed by atoms with Gasteiger partial charge < -0.3 is 10.0 Å². The molecule has 6 nitrogen and oxygen atoms in total. The molecule has 1 N–H and O–H groups in total. The van der Waals surface area contributed by atoms with E-state index in [9.17, 15) is 14.7 Å². The van der Waals surface area contributed by atoms with Crippen LogP contribution in [0.4, 0.5) is 0 Å². The molecule has 2 heterocycles. The highest BCUT2D eigenvalue weighted by atomic mass is 16.4. The Bertz CT molecular complexity index is 785. The Morgan fingerprint density at radius 3 is 2.62 bits per heavy atom. The van der Waals surface area contributed by atoms with Crippen molar-refractivity contribution in [3.8, 4) is 0 Å². The van der Waals surface area contributed by atoms with Crippen LogP contribution < -0.4 is 0 Å². The average Bonchev–Trinajstić information content (AvgIpc) is 3.03. The molecule has 1 fully saturated rings. The largest absolute Gasteiger partial charge is 0.481 e. The summed E-state index contributed by atoms with van der Waals surface area (Å²) in [5.41, 5.74) is 2.60. The first-order valence-corrected chi connectivity index (χ1v) is 9.10. The van der Waals surface area contributed by atoms with Gasteiger partial charge in [-0.15, -0.1) is 0 Å². The number of hydrogen-bond donors (Lipinski definition) is 1. The van der Waals surface area contributed by atoms with E-state index in [2.05, 4.69) is 5.10 Å². The Morgan fingerprint density at radius 1 is 1.23 bits per heavy atom. The Labute approximate surface area is 153 Å². The molecular formula is C20H25N3O3. The van der Waals surface area contributed by atoms with Crippen LogP contribution in [0.5, 0.6) is 0 Å². The molecule has 1 aromatic carbocycles. The lowest BCUT2D eigenvalue weighted by Crippen LogP contribution is -2.45. The number of likely N-dealkylation sites (tertiary alicyclic amines) is 1. The third-order valence-electron chi connectivity index (χ3n) is 4.99. The Morgan fingerprint density at radius 2 is 1.96 bits per heavy atom. The molecule has 0 radical (unpaired) electrons. The van der Waals surface area contributed by atoms with Crippen molar-refractivity contribution in [2.45, 2.75) is 33.2 Å². The van der Waals surface area contributed by atoms with E-state index in [1.165, 1.54) is 0 Å². The zero-order valence-corrected chi connectivity index (χ0v) is 15.3. The number of carbonyl (C=O) groups excluding carboxylic acids is 1. The lowest BCUT2D eigenvalue weighted by molar-refractivity contribution is -0.143. The molecule has 0 saturated carbocycles. The molecule has 0 aliphatic carbocycles.